The highest BCUT2D eigenvalue weighted by molar-refractivity contribution is 14.1. The van der Waals surface area contributed by atoms with Crippen molar-refractivity contribution >= 4 is 34.6 Å². The largest absolute Gasteiger partial charge is 0.488 e. The van der Waals surface area contributed by atoms with Gasteiger partial charge >= 0.3 is 5.97 Å². The van der Waals surface area contributed by atoms with E-state index in [0.717, 1.165) is 9.13 Å². The van der Waals surface area contributed by atoms with Crippen LogP contribution in [-0.2, 0) is 16.1 Å². The van der Waals surface area contributed by atoms with Crippen molar-refractivity contribution in [2.24, 2.45) is 0 Å². The Morgan fingerprint density at radius 3 is 2.73 bits per heavy atom. The molecule has 0 saturated heterocycles. The number of hydrogen-bond donors (Lipinski definition) is 0. The lowest BCUT2D eigenvalue weighted by molar-refractivity contribution is -0.134. The molecular formula is C17H14FIO3. The Kier molecular flexibility index (Phi) is 5.94. The molecule has 0 aliphatic rings. The van der Waals surface area contributed by atoms with Gasteiger partial charge in [0.05, 0.1) is 10.7 Å². The normalized spacial score (nSPS) is 10.7. The summed E-state index contributed by atoms with van der Waals surface area (Å²) in [6, 6.07) is 12.0. The van der Waals surface area contributed by atoms with Crippen LogP contribution in [0.25, 0.3) is 6.08 Å². The van der Waals surface area contributed by atoms with Crippen molar-refractivity contribution in [2.75, 3.05) is 7.11 Å². The number of esters is 1. The molecule has 0 bridgehead atoms. The van der Waals surface area contributed by atoms with E-state index in [0.29, 0.717) is 11.3 Å². The summed E-state index contributed by atoms with van der Waals surface area (Å²) in [5, 5.41) is 0. The van der Waals surface area contributed by atoms with E-state index in [9.17, 15) is 9.18 Å². The molecule has 2 aromatic carbocycles. The highest BCUT2D eigenvalue weighted by atomic mass is 127. The molecule has 0 aliphatic heterocycles. The van der Waals surface area contributed by atoms with Crippen LogP contribution in [0, 0.1) is 9.39 Å². The molecule has 0 atom stereocenters. The van der Waals surface area contributed by atoms with Crippen molar-refractivity contribution < 1.29 is 18.7 Å². The summed E-state index contributed by atoms with van der Waals surface area (Å²) in [6.45, 7) is 0.167. The maximum absolute atomic E-state index is 13.5. The molecule has 0 aliphatic carbocycles. The first-order chi connectivity index (χ1) is 10.6. The van der Waals surface area contributed by atoms with Crippen LogP contribution >= 0.6 is 22.6 Å². The quantitative estimate of drug-likeness (QED) is 0.420. The summed E-state index contributed by atoms with van der Waals surface area (Å²) in [6.07, 6.45) is 3.01. The number of methoxy groups -OCH3 is 1. The second-order valence-corrected chi connectivity index (χ2v) is 5.59. The van der Waals surface area contributed by atoms with Gasteiger partial charge in [-0.05, 0) is 52.4 Å². The van der Waals surface area contributed by atoms with Crippen molar-refractivity contribution in [3.63, 3.8) is 0 Å². The van der Waals surface area contributed by atoms with E-state index >= 15 is 0 Å². The van der Waals surface area contributed by atoms with Gasteiger partial charge < -0.3 is 9.47 Å². The Balaban J connectivity index is 2.05. The molecule has 0 radical (unpaired) electrons. The third-order valence-corrected chi connectivity index (χ3v) is 3.75. The standard InChI is InChI=1S/C17H14FIO3/c1-21-17(20)9-7-12-6-8-16(15(19)10-12)22-11-13-4-2-3-5-14(13)18/h2-10H,11H2,1H3/b9-7+. The van der Waals surface area contributed by atoms with Crippen molar-refractivity contribution in [3.8, 4) is 5.75 Å². The molecule has 114 valence electrons. The van der Waals surface area contributed by atoms with Gasteiger partial charge in [0.15, 0.2) is 0 Å². The van der Waals surface area contributed by atoms with E-state index in [1.807, 2.05) is 12.1 Å². The fourth-order valence-electron chi connectivity index (χ4n) is 1.74. The lowest BCUT2D eigenvalue weighted by Gasteiger charge is -2.09. The molecule has 0 amide bonds. The molecule has 0 aromatic heterocycles. The van der Waals surface area contributed by atoms with Crippen LogP contribution in [0.15, 0.2) is 48.5 Å². The van der Waals surface area contributed by atoms with Crippen LogP contribution in [0.2, 0.25) is 0 Å². The molecule has 0 unspecified atom stereocenters. The Hall–Kier alpha value is -1.89. The van der Waals surface area contributed by atoms with Crippen molar-refractivity contribution in [3.05, 3.63) is 69.1 Å². The average Bonchev–Trinajstić information content (AvgIpc) is 2.53. The molecular weight excluding hydrogens is 398 g/mol. The van der Waals surface area contributed by atoms with Crippen molar-refractivity contribution in [2.45, 2.75) is 6.61 Å². The van der Waals surface area contributed by atoms with E-state index in [1.54, 1.807) is 30.3 Å². The number of halogens is 2. The smallest absolute Gasteiger partial charge is 0.330 e. The molecule has 0 fully saturated rings. The third-order valence-electron chi connectivity index (χ3n) is 2.91. The van der Waals surface area contributed by atoms with E-state index in [2.05, 4.69) is 27.3 Å². The molecule has 0 spiro atoms. The number of hydrogen-bond acceptors (Lipinski definition) is 3. The van der Waals surface area contributed by atoms with Crippen molar-refractivity contribution in [1.29, 1.82) is 0 Å². The third kappa shape index (κ3) is 4.56. The molecule has 0 heterocycles. The number of ether oxygens (including phenoxy) is 2. The zero-order chi connectivity index (χ0) is 15.9. The number of benzene rings is 2. The molecule has 22 heavy (non-hydrogen) atoms. The summed E-state index contributed by atoms with van der Waals surface area (Å²) in [5.74, 6) is -0.0240. The first-order valence-electron chi connectivity index (χ1n) is 6.52. The van der Waals surface area contributed by atoms with Crippen LogP contribution in [0.4, 0.5) is 4.39 Å². The Bertz CT molecular complexity index is 698. The van der Waals surface area contributed by atoms with Gasteiger partial charge in [-0.3, -0.25) is 0 Å². The van der Waals surface area contributed by atoms with Gasteiger partial charge in [0, 0.05) is 11.6 Å². The van der Waals surface area contributed by atoms with Gasteiger partial charge in [0.25, 0.3) is 0 Å². The maximum Gasteiger partial charge on any atom is 0.330 e. The van der Waals surface area contributed by atoms with Crippen LogP contribution in [0.1, 0.15) is 11.1 Å². The van der Waals surface area contributed by atoms with Crippen LogP contribution < -0.4 is 4.74 Å². The highest BCUT2D eigenvalue weighted by Crippen LogP contribution is 2.24. The van der Waals surface area contributed by atoms with Crippen LogP contribution in [0.5, 0.6) is 5.75 Å². The van der Waals surface area contributed by atoms with E-state index < -0.39 is 5.97 Å². The topological polar surface area (TPSA) is 35.5 Å². The van der Waals surface area contributed by atoms with E-state index in [-0.39, 0.29) is 12.4 Å². The Labute approximate surface area is 141 Å². The molecule has 3 nitrogen and oxygen atoms in total. The van der Waals surface area contributed by atoms with Gasteiger partial charge in [-0.15, -0.1) is 0 Å². The lowest BCUT2D eigenvalue weighted by Crippen LogP contribution is -1.99. The average molecular weight is 412 g/mol. The Morgan fingerprint density at radius 2 is 2.05 bits per heavy atom. The zero-order valence-electron chi connectivity index (χ0n) is 11.9. The molecule has 0 saturated carbocycles. The van der Waals surface area contributed by atoms with Crippen LogP contribution in [0.3, 0.4) is 0 Å². The second-order valence-electron chi connectivity index (χ2n) is 4.43. The molecule has 5 heteroatoms. The number of carbonyl (C=O) groups excluding carboxylic acids is 1. The lowest BCUT2D eigenvalue weighted by atomic mass is 10.2. The zero-order valence-corrected chi connectivity index (χ0v) is 14.0. The summed E-state index contributed by atoms with van der Waals surface area (Å²) in [5.41, 5.74) is 1.36. The summed E-state index contributed by atoms with van der Waals surface area (Å²) < 4.78 is 24.6. The van der Waals surface area contributed by atoms with E-state index in [4.69, 9.17) is 4.74 Å². The highest BCUT2D eigenvalue weighted by Gasteiger charge is 2.05. The van der Waals surface area contributed by atoms with Gasteiger partial charge in [-0.25, -0.2) is 9.18 Å². The minimum Gasteiger partial charge on any atom is -0.488 e. The summed E-state index contributed by atoms with van der Waals surface area (Å²) in [4.78, 5) is 11.1. The van der Waals surface area contributed by atoms with Gasteiger partial charge in [0.2, 0.25) is 0 Å². The van der Waals surface area contributed by atoms with E-state index in [1.165, 1.54) is 19.3 Å². The first kappa shape index (κ1) is 16.5. The summed E-state index contributed by atoms with van der Waals surface area (Å²) in [7, 11) is 1.33. The second kappa shape index (κ2) is 7.93. The number of carbonyl (C=O) groups is 1. The SMILES string of the molecule is COC(=O)/C=C/c1ccc(OCc2ccccc2F)c(I)c1. The van der Waals surface area contributed by atoms with Crippen LogP contribution in [-0.4, -0.2) is 13.1 Å². The predicted molar refractivity (Wildman–Crippen MR) is 90.9 cm³/mol. The minimum absolute atomic E-state index is 0.167. The maximum atomic E-state index is 13.5. The monoisotopic (exact) mass is 412 g/mol. The molecule has 0 N–H and O–H groups in total. The number of rotatable bonds is 5. The van der Waals surface area contributed by atoms with Gasteiger partial charge in [-0.1, -0.05) is 24.3 Å². The van der Waals surface area contributed by atoms with Gasteiger partial charge in [0.1, 0.15) is 18.2 Å². The summed E-state index contributed by atoms with van der Waals surface area (Å²) >= 11 is 2.13. The predicted octanol–water partition coefficient (Wildman–Crippen LogP) is 4.20. The minimum atomic E-state index is -0.408. The fraction of sp³-hybridized carbons (Fsp3) is 0.118. The first-order valence-corrected chi connectivity index (χ1v) is 7.60. The molecule has 2 rings (SSSR count). The Morgan fingerprint density at radius 1 is 1.27 bits per heavy atom. The fourth-order valence-corrected chi connectivity index (χ4v) is 2.44. The van der Waals surface area contributed by atoms with Gasteiger partial charge in [-0.2, -0.15) is 0 Å². The molecule has 2 aromatic rings. The van der Waals surface area contributed by atoms with Crippen molar-refractivity contribution in [1.82, 2.24) is 0 Å².